The Hall–Kier alpha value is -1.70. The zero-order valence-electron chi connectivity index (χ0n) is 6.66. The van der Waals surface area contributed by atoms with E-state index in [0.29, 0.717) is 11.3 Å². The highest BCUT2D eigenvalue weighted by atomic mass is 16.1. The van der Waals surface area contributed by atoms with Gasteiger partial charge in [0.1, 0.15) is 0 Å². The summed E-state index contributed by atoms with van der Waals surface area (Å²) in [6.07, 6.45) is 4.44. The molecule has 1 aromatic rings. The van der Waals surface area contributed by atoms with E-state index in [2.05, 4.69) is 18.1 Å². The summed E-state index contributed by atoms with van der Waals surface area (Å²) in [7, 11) is 0. The first-order chi connectivity index (χ1) is 5.79. The lowest BCUT2D eigenvalue weighted by molar-refractivity contribution is 0.104. The van der Waals surface area contributed by atoms with Crippen molar-refractivity contribution >= 4 is 11.9 Å². The third-order valence-corrected chi connectivity index (χ3v) is 1.48. The van der Waals surface area contributed by atoms with E-state index in [4.69, 9.17) is 0 Å². The highest BCUT2D eigenvalue weighted by Gasteiger charge is 2.04. The summed E-state index contributed by atoms with van der Waals surface area (Å²) in [6.45, 7) is 6.96. The second-order valence-corrected chi connectivity index (χ2v) is 2.21. The maximum absolute atomic E-state index is 11.2. The van der Waals surface area contributed by atoms with Gasteiger partial charge in [0.05, 0.1) is 5.69 Å². The number of hydrogen-bond acceptors (Lipinski definition) is 2. The molecule has 0 aliphatic carbocycles. The van der Waals surface area contributed by atoms with Gasteiger partial charge in [-0.05, 0) is 24.3 Å². The van der Waals surface area contributed by atoms with E-state index in [-0.39, 0.29) is 5.78 Å². The summed E-state index contributed by atoms with van der Waals surface area (Å²) in [6, 6.07) is 3.41. The van der Waals surface area contributed by atoms with Gasteiger partial charge in [-0.2, -0.15) is 0 Å². The Morgan fingerprint density at radius 3 is 2.83 bits per heavy atom. The number of hydrogen-bond donors (Lipinski definition) is 0. The lowest BCUT2D eigenvalue weighted by Gasteiger charge is -1.98. The molecule has 0 aliphatic rings. The minimum absolute atomic E-state index is 0.127. The summed E-state index contributed by atoms with van der Waals surface area (Å²) in [4.78, 5) is 15.2. The number of carbonyl (C=O) groups is 1. The lowest BCUT2D eigenvalue weighted by Crippen LogP contribution is -1.98. The molecule has 0 radical (unpaired) electrons. The van der Waals surface area contributed by atoms with Crippen LogP contribution >= 0.6 is 0 Å². The molecule has 0 N–H and O–H groups in total. The van der Waals surface area contributed by atoms with Gasteiger partial charge in [-0.1, -0.05) is 13.2 Å². The first-order valence-corrected chi connectivity index (χ1v) is 3.54. The molecule has 12 heavy (non-hydrogen) atoms. The largest absolute Gasteiger partial charge is 0.289 e. The molecule has 1 rings (SSSR count). The molecule has 1 heterocycles. The molecule has 0 saturated carbocycles. The number of aromatic nitrogens is 1. The van der Waals surface area contributed by atoms with E-state index in [1.165, 1.54) is 6.08 Å². The van der Waals surface area contributed by atoms with Crippen LogP contribution in [0.15, 0.2) is 37.6 Å². The smallest absolute Gasteiger partial charge is 0.187 e. The van der Waals surface area contributed by atoms with Crippen LogP contribution in [0.25, 0.3) is 6.08 Å². The fourth-order valence-electron chi connectivity index (χ4n) is 0.898. The van der Waals surface area contributed by atoms with E-state index in [1.54, 1.807) is 24.4 Å². The van der Waals surface area contributed by atoms with Gasteiger partial charge in [-0.25, -0.2) is 0 Å². The van der Waals surface area contributed by atoms with Gasteiger partial charge in [0.15, 0.2) is 5.78 Å². The van der Waals surface area contributed by atoms with Gasteiger partial charge in [-0.15, -0.1) is 0 Å². The van der Waals surface area contributed by atoms with Crippen molar-refractivity contribution in [2.45, 2.75) is 0 Å². The van der Waals surface area contributed by atoms with E-state index in [9.17, 15) is 4.79 Å². The second-order valence-electron chi connectivity index (χ2n) is 2.21. The molecule has 0 amide bonds. The predicted octanol–water partition coefficient (Wildman–Crippen LogP) is 2.09. The SMILES string of the molecule is C=CC(=O)c1cccnc1C=C. The Morgan fingerprint density at radius 1 is 1.50 bits per heavy atom. The van der Waals surface area contributed by atoms with Gasteiger partial charge < -0.3 is 0 Å². The minimum atomic E-state index is -0.127. The van der Waals surface area contributed by atoms with Gasteiger partial charge in [-0.3, -0.25) is 9.78 Å². The fourth-order valence-corrected chi connectivity index (χ4v) is 0.898. The highest BCUT2D eigenvalue weighted by Crippen LogP contribution is 2.07. The quantitative estimate of drug-likeness (QED) is 0.499. The van der Waals surface area contributed by atoms with Crippen molar-refractivity contribution in [3.8, 4) is 0 Å². The lowest BCUT2D eigenvalue weighted by atomic mass is 10.1. The molecule has 0 fully saturated rings. The molecule has 0 unspecified atom stereocenters. The van der Waals surface area contributed by atoms with Gasteiger partial charge in [0, 0.05) is 11.8 Å². The van der Waals surface area contributed by atoms with E-state index < -0.39 is 0 Å². The van der Waals surface area contributed by atoms with Crippen LogP contribution in [0.2, 0.25) is 0 Å². The zero-order valence-corrected chi connectivity index (χ0v) is 6.66. The van der Waals surface area contributed by atoms with Crippen molar-refractivity contribution in [3.05, 3.63) is 48.8 Å². The van der Waals surface area contributed by atoms with Gasteiger partial charge in [0.2, 0.25) is 0 Å². The van der Waals surface area contributed by atoms with E-state index in [0.717, 1.165) is 0 Å². The maximum Gasteiger partial charge on any atom is 0.187 e. The van der Waals surface area contributed by atoms with Gasteiger partial charge in [0.25, 0.3) is 0 Å². The van der Waals surface area contributed by atoms with Crippen LogP contribution in [0.4, 0.5) is 0 Å². The molecule has 0 aromatic carbocycles. The van der Waals surface area contributed by atoms with E-state index in [1.807, 2.05) is 0 Å². The average Bonchev–Trinajstić information content (AvgIpc) is 2.16. The number of carbonyl (C=O) groups excluding carboxylic acids is 1. The van der Waals surface area contributed by atoms with Crippen LogP contribution in [0.1, 0.15) is 16.1 Å². The van der Waals surface area contributed by atoms with Crippen LogP contribution in [0, 0.1) is 0 Å². The topological polar surface area (TPSA) is 30.0 Å². The van der Waals surface area contributed by atoms with Crippen molar-refractivity contribution in [3.63, 3.8) is 0 Å². The molecule has 0 spiro atoms. The van der Waals surface area contributed by atoms with Crippen LogP contribution < -0.4 is 0 Å². The molecule has 0 saturated heterocycles. The van der Waals surface area contributed by atoms with Crippen LogP contribution in [0.3, 0.4) is 0 Å². The Bertz CT molecular complexity index is 328. The maximum atomic E-state index is 11.2. The van der Waals surface area contributed by atoms with Crippen molar-refractivity contribution in [1.29, 1.82) is 0 Å². The number of rotatable bonds is 3. The van der Waals surface area contributed by atoms with Crippen LogP contribution in [-0.4, -0.2) is 10.8 Å². The number of ketones is 1. The first kappa shape index (κ1) is 8.40. The fraction of sp³-hybridized carbons (Fsp3) is 0. The van der Waals surface area contributed by atoms with Crippen LogP contribution in [0.5, 0.6) is 0 Å². The standard InChI is InChI=1S/C10H9NO/c1-3-9-8(10(12)4-2)6-5-7-11-9/h3-7H,1-2H2. The summed E-state index contributed by atoms with van der Waals surface area (Å²) in [5.41, 5.74) is 1.14. The van der Waals surface area contributed by atoms with Crippen molar-refractivity contribution < 1.29 is 4.79 Å². The number of nitrogens with zero attached hydrogens (tertiary/aromatic N) is 1. The molecule has 0 aliphatic heterocycles. The summed E-state index contributed by atoms with van der Waals surface area (Å²) < 4.78 is 0. The summed E-state index contributed by atoms with van der Waals surface area (Å²) in [5.74, 6) is -0.127. The Labute approximate surface area is 71.3 Å². The molecular weight excluding hydrogens is 150 g/mol. The number of pyridine rings is 1. The zero-order chi connectivity index (χ0) is 8.97. The molecule has 0 atom stereocenters. The van der Waals surface area contributed by atoms with E-state index >= 15 is 0 Å². The normalized spacial score (nSPS) is 9.00. The van der Waals surface area contributed by atoms with Crippen molar-refractivity contribution in [1.82, 2.24) is 4.98 Å². The Kier molecular flexibility index (Phi) is 2.53. The number of allylic oxidation sites excluding steroid dienone is 1. The summed E-state index contributed by atoms with van der Waals surface area (Å²) in [5, 5.41) is 0. The molecule has 1 aromatic heterocycles. The Balaban J connectivity index is 3.21. The Morgan fingerprint density at radius 2 is 2.25 bits per heavy atom. The average molecular weight is 159 g/mol. The molecule has 60 valence electrons. The predicted molar refractivity (Wildman–Crippen MR) is 48.9 cm³/mol. The summed E-state index contributed by atoms with van der Waals surface area (Å²) >= 11 is 0. The highest BCUT2D eigenvalue weighted by molar-refractivity contribution is 6.06. The third kappa shape index (κ3) is 1.48. The minimum Gasteiger partial charge on any atom is -0.289 e. The second kappa shape index (κ2) is 3.62. The molecule has 2 nitrogen and oxygen atoms in total. The van der Waals surface area contributed by atoms with Crippen molar-refractivity contribution in [2.24, 2.45) is 0 Å². The first-order valence-electron chi connectivity index (χ1n) is 3.54. The molecule has 2 heteroatoms. The molecular formula is C10H9NO. The molecule has 0 bridgehead atoms. The van der Waals surface area contributed by atoms with Gasteiger partial charge >= 0.3 is 0 Å². The third-order valence-electron chi connectivity index (χ3n) is 1.48. The van der Waals surface area contributed by atoms with Crippen molar-refractivity contribution in [2.75, 3.05) is 0 Å². The monoisotopic (exact) mass is 159 g/mol. The van der Waals surface area contributed by atoms with Crippen LogP contribution in [-0.2, 0) is 0 Å².